The maximum Gasteiger partial charge on any atom is 0.225 e. The smallest absolute Gasteiger partial charge is 0.225 e. The van der Waals surface area contributed by atoms with Crippen LogP contribution in [0.3, 0.4) is 0 Å². The molecule has 0 radical (unpaired) electrons. The highest BCUT2D eigenvalue weighted by molar-refractivity contribution is 7.15. The zero-order valence-electron chi connectivity index (χ0n) is 15.0. The minimum absolute atomic E-state index is 0.443. The lowest BCUT2D eigenvalue weighted by molar-refractivity contribution is 0.285. The summed E-state index contributed by atoms with van der Waals surface area (Å²) in [7, 11) is 1.65. The van der Waals surface area contributed by atoms with Crippen molar-refractivity contribution in [3.05, 3.63) is 47.2 Å². The van der Waals surface area contributed by atoms with Crippen molar-refractivity contribution in [2.45, 2.75) is 26.2 Å². The van der Waals surface area contributed by atoms with Gasteiger partial charge in [-0.3, -0.25) is 4.98 Å². The number of thiazole rings is 1. The highest BCUT2D eigenvalue weighted by Gasteiger charge is 2.40. The molecule has 26 heavy (non-hydrogen) atoms. The Morgan fingerprint density at radius 1 is 1.12 bits per heavy atom. The van der Waals surface area contributed by atoms with Crippen molar-refractivity contribution in [3.63, 3.8) is 0 Å². The van der Waals surface area contributed by atoms with Crippen LogP contribution in [0, 0.1) is 19.8 Å². The van der Waals surface area contributed by atoms with E-state index in [1.54, 1.807) is 24.6 Å². The van der Waals surface area contributed by atoms with E-state index in [1.807, 2.05) is 38.4 Å². The molecule has 1 aliphatic rings. The fourth-order valence-corrected chi connectivity index (χ4v) is 3.71. The molecule has 4 rings (SSSR count). The summed E-state index contributed by atoms with van der Waals surface area (Å²) in [6.07, 6.45) is 6.52. The zero-order chi connectivity index (χ0) is 18.1. The van der Waals surface area contributed by atoms with E-state index in [9.17, 15) is 0 Å². The third-order valence-electron chi connectivity index (χ3n) is 4.49. The highest BCUT2D eigenvalue weighted by Crippen LogP contribution is 2.47. The van der Waals surface area contributed by atoms with E-state index in [-0.39, 0.29) is 0 Å². The molecular weight excluding hydrogens is 348 g/mol. The van der Waals surface area contributed by atoms with E-state index in [4.69, 9.17) is 9.47 Å². The summed E-state index contributed by atoms with van der Waals surface area (Å²) in [5.74, 6) is 3.02. The average Bonchev–Trinajstić information content (AvgIpc) is 3.31. The van der Waals surface area contributed by atoms with Crippen LogP contribution < -0.4 is 9.47 Å². The van der Waals surface area contributed by atoms with Crippen LogP contribution >= 0.6 is 11.3 Å². The standard InChI is InChI=1S/C19H20N4O2S/c1-11-20-8-16(18-9-21-12(2)26-18)19(23-11)25-10-13-6-15(13)17-5-4-14(24-3)7-22-17/h4-5,7-9,13,15H,6,10H2,1-3H3/t13-,15+/m1/s1. The van der Waals surface area contributed by atoms with Crippen molar-refractivity contribution in [1.82, 2.24) is 19.9 Å². The first-order valence-electron chi connectivity index (χ1n) is 8.53. The quantitative estimate of drug-likeness (QED) is 0.659. The van der Waals surface area contributed by atoms with Gasteiger partial charge in [-0.2, -0.15) is 4.98 Å². The molecule has 3 aromatic heterocycles. The molecule has 0 spiro atoms. The zero-order valence-corrected chi connectivity index (χ0v) is 15.8. The number of ether oxygens (including phenoxy) is 2. The Morgan fingerprint density at radius 2 is 2.00 bits per heavy atom. The number of aryl methyl sites for hydroxylation is 2. The van der Waals surface area contributed by atoms with E-state index in [2.05, 4.69) is 19.9 Å². The fraction of sp³-hybridized carbons (Fsp3) is 0.368. The molecule has 0 aromatic carbocycles. The predicted molar refractivity (Wildman–Crippen MR) is 99.7 cm³/mol. The normalized spacial score (nSPS) is 18.6. The SMILES string of the molecule is COc1ccc([C@H]2C[C@@H]2COc2nc(C)ncc2-c2cnc(C)s2)nc1. The molecule has 2 atom stereocenters. The Labute approximate surface area is 156 Å². The Balaban J connectivity index is 1.44. The van der Waals surface area contributed by atoms with Gasteiger partial charge in [-0.15, -0.1) is 11.3 Å². The van der Waals surface area contributed by atoms with Gasteiger partial charge in [-0.25, -0.2) is 9.97 Å². The number of hydrogen-bond acceptors (Lipinski definition) is 7. The Kier molecular flexibility index (Phi) is 4.55. The van der Waals surface area contributed by atoms with Gasteiger partial charge in [0.25, 0.3) is 0 Å². The van der Waals surface area contributed by atoms with Crippen molar-refractivity contribution in [3.8, 4) is 22.1 Å². The van der Waals surface area contributed by atoms with Crippen LogP contribution in [0.4, 0.5) is 0 Å². The summed E-state index contributed by atoms with van der Waals surface area (Å²) in [4.78, 5) is 18.6. The van der Waals surface area contributed by atoms with Gasteiger partial charge < -0.3 is 9.47 Å². The first kappa shape index (κ1) is 16.9. The minimum Gasteiger partial charge on any atom is -0.495 e. The molecule has 3 heterocycles. The number of rotatable bonds is 6. The van der Waals surface area contributed by atoms with Crippen LogP contribution in [0.2, 0.25) is 0 Å². The number of hydrogen-bond donors (Lipinski definition) is 0. The lowest BCUT2D eigenvalue weighted by atomic mass is 10.2. The van der Waals surface area contributed by atoms with Crippen LogP contribution in [-0.4, -0.2) is 33.7 Å². The van der Waals surface area contributed by atoms with Crippen molar-refractivity contribution >= 4 is 11.3 Å². The van der Waals surface area contributed by atoms with Crippen LogP contribution in [-0.2, 0) is 0 Å². The number of aromatic nitrogens is 4. The highest BCUT2D eigenvalue weighted by atomic mass is 32.1. The molecule has 1 aliphatic carbocycles. The van der Waals surface area contributed by atoms with Crippen LogP contribution in [0.25, 0.3) is 10.4 Å². The largest absolute Gasteiger partial charge is 0.495 e. The van der Waals surface area contributed by atoms with Crippen molar-refractivity contribution in [2.75, 3.05) is 13.7 Å². The van der Waals surface area contributed by atoms with E-state index < -0.39 is 0 Å². The van der Waals surface area contributed by atoms with Gasteiger partial charge in [0.2, 0.25) is 5.88 Å². The summed E-state index contributed by atoms with van der Waals surface area (Å²) in [6, 6.07) is 3.99. The van der Waals surface area contributed by atoms with Gasteiger partial charge >= 0.3 is 0 Å². The molecule has 6 nitrogen and oxygen atoms in total. The summed E-state index contributed by atoms with van der Waals surface area (Å²) in [5.41, 5.74) is 2.00. The predicted octanol–water partition coefficient (Wildman–Crippen LogP) is 3.80. The summed E-state index contributed by atoms with van der Waals surface area (Å²) in [6.45, 7) is 4.48. The molecule has 0 unspecified atom stereocenters. The third-order valence-corrected chi connectivity index (χ3v) is 5.44. The van der Waals surface area contributed by atoms with Crippen molar-refractivity contribution in [1.29, 1.82) is 0 Å². The second-order valence-electron chi connectivity index (χ2n) is 6.42. The minimum atomic E-state index is 0.443. The Morgan fingerprint density at radius 3 is 2.69 bits per heavy atom. The fourth-order valence-electron chi connectivity index (χ4n) is 2.93. The second-order valence-corrected chi connectivity index (χ2v) is 7.65. The molecule has 0 aliphatic heterocycles. The van der Waals surface area contributed by atoms with Crippen molar-refractivity contribution < 1.29 is 9.47 Å². The van der Waals surface area contributed by atoms with Gasteiger partial charge in [0.15, 0.2) is 0 Å². The first-order chi connectivity index (χ1) is 12.6. The van der Waals surface area contributed by atoms with E-state index in [1.165, 1.54) is 0 Å². The number of methoxy groups -OCH3 is 1. The molecule has 0 amide bonds. The molecule has 0 saturated heterocycles. The maximum absolute atomic E-state index is 6.08. The summed E-state index contributed by atoms with van der Waals surface area (Å²) >= 11 is 1.62. The van der Waals surface area contributed by atoms with E-state index in [0.717, 1.165) is 33.3 Å². The van der Waals surface area contributed by atoms with Gasteiger partial charge in [-0.1, -0.05) is 0 Å². The topological polar surface area (TPSA) is 70.0 Å². The van der Waals surface area contributed by atoms with E-state index in [0.29, 0.717) is 30.1 Å². The molecule has 3 aromatic rings. The average molecular weight is 368 g/mol. The Hall–Kier alpha value is -2.54. The number of nitrogens with zero attached hydrogens (tertiary/aromatic N) is 4. The second kappa shape index (κ2) is 6.99. The molecule has 134 valence electrons. The van der Waals surface area contributed by atoms with Gasteiger partial charge in [-0.05, 0) is 32.4 Å². The third kappa shape index (κ3) is 3.53. The molecular formula is C19H20N4O2S. The molecule has 1 saturated carbocycles. The monoisotopic (exact) mass is 368 g/mol. The van der Waals surface area contributed by atoms with Crippen molar-refractivity contribution in [2.24, 2.45) is 5.92 Å². The van der Waals surface area contributed by atoms with Gasteiger partial charge in [0, 0.05) is 29.9 Å². The molecule has 7 heteroatoms. The van der Waals surface area contributed by atoms with Crippen LogP contribution in [0.1, 0.15) is 28.9 Å². The lowest BCUT2D eigenvalue weighted by Gasteiger charge is -2.09. The van der Waals surface area contributed by atoms with Gasteiger partial charge in [0.05, 0.1) is 35.4 Å². The number of pyridine rings is 1. The maximum atomic E-state index is 6.08. The summed E-state index contributed by atoms with van der Waals surface area (Å²) in [5, 5.41) is 1.01. The molecule has 0 bridgehead atoms. The Bertz CT molecular complexity index is 910. The first-order valence-corrected chi connectivity index (χ1v) is 9.35. The van der Waals surface area contributed by atoms with Gasteiger partial charge in [0.1, 0.15) is 11.6 Å². The lowest BCUT2D eigenvalue weighted by Crippen LogP contribution is -2.05. The van der Waals surface area contributed by atoms with Crippen LogP contribution in [0.5, 0.6) is 11.6 Å². The molecule has 0 N–H and O–H groups in total. The van der Waals surface area contributed by atoms with Crippen LogP contribution in [0.15, 0.2) is 30.7 Å². The molecule has 1 fully saturated rings. The summed E-state index contributed by atoms with van der Waals surface area (Å²) < 4.78 is 11.2. The van der Waals surface area contributed by atoms with E-state index >= 15 is 0 Å².